The topological polar surface area (TPSA) is 67.5 Å². The van der Waals surface area contributed by atoms with Crippen molar-refractivity contribution in [1.82, 2.24) is 14.6 Å². The lowest BCUT2D eigenvalue weighted by Crippen LogP contribution is -2.12. The van der Waals surface area contributed by atoms with E-state index < -0.39 is 5.97 Å². The average Bonchev–Trinajstić information content (AvgIpc) is 2.62. The van der Waals surface area contributed by atoms with Gasteiger partial charge in [-0.25, -0.2) is 9.50 Å². The van der Waals surface area contributed by atoms with Crippen molar-refractivity contribution in [3.05, 3.63) is 28.1 Å². The van der Waals surface area contributed by atoms with E-state index in [2.05, 4.69) is 26.0 Å². The van der Waals surface area contributed by atoms with Crippen LogP contribution in [-0.2, 0) is 11.2 Å². The van der Waals surface area contributed by atoms with Gasteiger partial charge in [-0.1, -0.05) is 6.42 Å². The molecule has 0 radical (unpaired) electrons. The van der Waals surface area contributed by atoms with E-state index in [9.17, 15) is 4.79 Å². The van der Waals surface area contributed by atoms with Gasteiger partial charge >= 0.3 is 5.97 Å². The van der Waals surface area contributed by atoms with Crippen LogP contribution < -0.4 is 0 Å². The number of fused-ring (bicyclic) bond motifs is 1. The molecule has 2 aromatic heterocycles. The summed E-state index contributed by atoms with van der Waals surface area (Å²) >= 11 is 3.47. The molecule has 2 heterocycles. The molecule has 2 aromatic rings. The molecular weight excluding hydrogens is 310 g/mol. The number of carboxylic acids is 1. The second-order valence-corrected chi connectivity index (χ2v) is 5.65. The minimum atomic E-state index is -0.813. The van der Waals surface area contributed by atoms with Gasteiger partial charge < -0.3 is 5.11 Å². The van der Waals surface area contributed by atoms with Crippen molar-refractivity contribution in [1.29, 1.82) is 0 Å². The van der Waals surface area contributed by atoms with Gasteiger partial charge in [0.25, 0.3) is 0 Å². The van der Waals surface area contributed by atoms with E-state index in [4.69, 9.17) is 5.11 Å². The maximum Gasteiger partial charge on any atom is 0.303 e. The molecule has 19 heavy (non-hydrogen) atoms. The lowest BCUT2D eigenvalue weighted by atomic mass is 9.83. The summed E-state index contributed by atoms with van der Waals surface area (Å²) in [4.78, 5) is 15.0. The number of imidazole rings is 1. The van der Waals surface area contributed by atoms with Crippen LogP contribution in [-0.4, -0.2) is 25.7 Å². The fourth-order valence-electron chi connectivity index (χ4n) is 2.27. The van der Waals surface area contributed by atoms with E-state index in [0.717, 1.165) is 21.6 Å². The molecule has 0 amide bonds. The first kappa shape index (κ1) is 12.6. The zero-order chi connectivity index (χ0) is 13.4. The highest BCUT2D eigenvalue weighted by molar-refractivity contribution is 9.10. The molecule has 0 spiro atoms. The Bertz CT molecular complexity index is 634. The summed E-state index contributed by atoms with van der Waals surface area (Å²) in [6, 6.07) is 3.98. The summed E-state index contributed by atoms with van der Waals surface area (Å²) in [7, 11) is 0. The van der Waals surface area contributed by atoms with Crippen molar-refractivity contribution in [2.24, 2.45) is 0 Å². The first-order valence-electron chi connectivity index (χ1n) is 6.41. The Kier molecular flexibility index (Phi) is 3.26. The van der Waals surface area contributed by atoms with E-state index >= 15 is 0 Å². The lowest BCUT2D eigenvalue weighted by Gasteiger charge is -2.24. The zero-order valence-corrected chi connectivity index (χ0v) is 11.9. The molecule has 0 aliphatic heterocycles. The maximum absolute atomic E-state index is 10.6. The largest absolute Gasteiger partial charge is 0.481 e. The van der Waals surface area contributed by atoms with Crippen molar-refractivity contribution < 1.29 is 9.90 Å². The maximum atomic E-state index is 10.6. The highest BCUT2D eigenvalue weighted by Gasteiger charge is 2.22. The molecule has 1 aliphatic rings. The zero-order valence-electron chi connectivity index (χ0n) is 10.3. The quantitative estimate of drug-likeness (QED) is 0.939. The van der Waals surface area contributed by atoms with Gasteiger partial charge in [0.15, 0.2) is 5.65 Å². The van der Waals surface area contributed by atoms with Gasteiger partial charge in [0.1, 0.15) is 4.60 Å². The normalized spacial score (nSPS) is 15.6. The predicted molar refractivity (Wildman–Crippen MR) is 73.2 cm³/mol. The van der Waals surface area contributed by atoms with Crippen LogP contribution in [0.15, 0.2) is 16.7 Å². The van der Waals surface area contributed by atoms with E-state index in [1.807, 2.05) is 12.1 Å². The molecule has 0 atom stereocenters. The van der Waals surface area contributed by atoms with Gasteiger partial charge in [-0.15, -0.1) is 0 Å². The van der Waals surface area contributed by atoms with Gasteiger partial charge in [0, 0.05) is 12.3 Å². The molecule has 1 saturated carbocycles. The van der Waals surface area contributed by atoms with Crippen LogP contribution in [0.25, 0.3) is 5.65 Å². The first-order valence-corrected chi connectivity index (χ1v) is 7.20. The predicted octanol–water partition coefficient (Wildman–Crippen LogP) is 2.78. The molecule has 1 aliphatic carbocycles. The van der Waals surface area contributed by atoms with E-state index in [-0.39, 0.29) is 6.42 Å². The Balaban J connectivity index is 1.93. The smallest absolute Gasteiger partial charge is 0.303 e. The Morgan fingerprint density at radius 1 is 1.47 bits per heavy atom. The van der Waals surface area contributed by atoms with Crippen LogP contribution >= 0.6 is 15.9 Å². The van der Waals surface area contributed by atoms with E-state index in [1.54, 1.807) is 4.52 Å². The van der Waals surface area contributed by atoms with Gasteiger partial charge in [-0.05, 0) is 40.9 Å². The third kappa shape index (κ3) is 2.36. The summed E-state index contributed by atoms with van der Waals surface area (Å²) in [5, 5.41) is 13.3. The number of hydrogen-bond acceptors (Lipinski definition) is 3. The highest BCUT2D eigenvalue weighted by atomic mass is 79.9. The van der Waals surface area contributed by atoms with E-state index in [1.165, 1.54) is 19.3 Å². The van der Waals surface area contributed by atoms with Gasteiger partial charge in [0.2, 0.25) is 0 Å². The number of carbonyl (C=O) groups is 1. The number of aromatic nitrogens is 3. The second-order valence-electron chi connectivity index (χ2n) is 4.90. The van der Waals surface area contributed by atoms with Crippen LogP contribution in [0.2, 0.25) is 0 Å². The van der Waals surface area contributed by atoms with Gasteiger partial charge in [-0.3, -0.25) is 4.79 Å². The van der Waals surface area contributed by atoms with Crippen molar-refractivity contribution in [3.63, 3.8) is 0 Å². The molecule has 5 nitrogen and oxygen atoms in total. The summed E-state index contributed by atoms with van der Waals surface area (Å²) in [5.74, 6) is -0.242. The van der Waals surface area contributed by atoms with Gasteiger partial charge in [0.05, 0.1) is 17.8 Å². The fraction of sp³-hybridized carbons (Fsp3) is 0.462. The average molecular weight is 324 g/mol. The number of nitrogens with zero attached hydrogens (tertiary/aromatic N) is 3. The molecule has 0 saturated heterocycles. The van der Waals surface area contributed by atoms with E-state index in [0.29, 0.717) is 12.3 Å². The fourth-order valence-corrected chi connectivity index (χ4v) is 2.82. The Hall–Kier alpha value is -1.43. The number of rotatable bonds is 4. The molecule has 0 aromatic carbocycles. The lowest BCUT2D eigenvalue weighted by molar-refractivity contribution is -0.136. The van der Waals surface area contributed by atoms with Crippen LogP contribution in [0.1, 0.15) is 43.0 Å². The molecule has 0 bridgehead atoms. The molecular formula is C13H14BrN3O2. The van der Waals surface area contributed by atoms with Crippen molar-refractivity contribution in [2.75, 3.05) is 0 Å². The Morgan fingerprint density at radius 2 is 2.26 bits per heavy atom. The monoisotopic (exact) mass is 323 g/mol. The molecule has 6 heteroatoms. The Morgan fingerprint density at radius 3 is 2.89 bits per heavy atom. The summed E-state index contributed by atoms with van der Waals surface area (Å²) < 4.78 is 2.54. The van der Waals surface area contributed by atoms with Crippen LogP contribution in [0.5, 0.6) is 0 Å². The Labute approximate surface area is 118 Å². The third-order valence-electron chi connectivity index (χ3n) is 3.61. The number of aryl methyl sites for hydroxylation is 1. The van der Waals surface area contributed by atoms with Crippen molar-refractivity contribution in [2.45, 2.75) is 38.0 Å². The number of carboxylic acid groups (broad SMARTS) is 1. The SMILES string of the molecule is O=C(O)CCc1nc2ccc(C3CCC3)nn2c1Br. The van der Waals surface area contributed by atoms with Crippen LogP contribution in [0.4, 0.5) is 0 Å². The van der Waals surface area contributed by atoms with Crippen LogP contribution in [0.3, 0.4) is 0 Å². The number of halogens is 1. The minimum absolute atomic E-state index is 0.0813. The molecule has 1 N–H and O–H groups in total. The number of aliphatic carboxylic acids is 1. The first-order chi connectivity index (χ1) is 9.15. The minimum Gasteiger partial charge on any atom is -0.481 e. The van der Waals surface area contributed by atoms with Crippen molar-refractivity contribution in [3.8, 4) is 0 Å². The molecule has 1 fully saturated rings. The third-order valence-corrected chi connectivity index (χ3v) is 4.40. The summed E-state index contributed by atoms with van der Waals surface area (Å²) in [6.07, 6.45) is 4.18. The summed E-state index contributed by atoms with van der Waals surface area (Å²) in [5.41, 5.74) is 2.61. The standard InChI is InChI=1S/C13H14BrN3O2/c14-13-10(5-7-12(18)19)15-11-6-4-9(16-17(11)13)8-2-1-3-8/h4,6,8H,1-3,5,7H2,(H,18,19). The molecule has 100 valence electrons. The van der Waals surface area contributed by atoms with Gasteiger partial charge in [-0.2, -0.15) is 5.10 Å². The second kappa shape index (κ2) is 4.92. The highest BCUT2D eigenvalue weighted by Crippen LogP contribution is 2.35. The number of hydrogen-bond donors (Lipinski definition) is 1. The van der Waals surface area contributed by atoms with Crippen LogP contribution in [0, 0.1) is 0 Å². The molecule has 0 unspecified atom stereocenters. The summed E-state index contributed by atoms with van der Waals surface area (Å²) in [6.45, 7) is 0. The van der Waals surface area contributed by atoms with Crippen molar-refractivity contribution >= 4 is 27.5 Å². The molecule has 3 rings (SSSR count).